The molecule has 0 amide bonds. The maximum Gasteiger partial charge on any atom is 0.228 e. The highest BCUT2D eigenvalue weighted by Gasteiger charge is 2.24. The second-order valence-electron chi connectivity index (χ2n) is 2.42. The van der Waals surface area contributed by atoms with Crippen molar-refractivity contribution in [1.29, 1.82) is 0 Å². The number of ketones is 2. The van der Waals surface area contributed by atoms with Crippen molar-refractivity contribution < 1.29 is 9.59 Å². The van der Waals surface area contributed by atoms with Gasteiger partial charge >= 0.3 is 0 Å². The van der Waals surface area contributed by atoms with E-state index in [-0.39, 0.29) is 5.92 Å². The first-order valence-electron chi connectivity index (χ1n) is 3.32. The molecule has 3 nitrogen and oxygen atoms in total. The lowest BCUT2D eigenvalue weighted by Crippen LogP contribution is -2.27. The maximum atomic E-state index is 10.9. The largest absolute Gasteiger partial charge is 0.330 e. The average molecular weight is 151 g/mol. The van der Waals surface area contributed by atoms with Gasteiger partial charge in [-0.05, 0) is 6.08 Å². The van der Waals surface area contributed by atoms with Crippen LogP contribution in [0.4, 0.5) is 0 Å². The Balaban J connectivity index is 2.94. The molecule has 0 bridgehead atoms. The van der Waals surface area contributed by atoms with Gasteiger partial charge in [-0.1, -0.05) is 12.7 Å². The number of carbonyl (C=O) groups is 2. The van der Waals surface area contributed by atoms with Crippen molar-refractivity contribution in [3.05, 3.63) is 24.3 Å². The predicted molar refractivity (Wildman–Crippen MR) is 40.8 cm³/mol. The standard InChI is InChI=1S/C8H9NO2/c1-5-6(4-9)2-3-7(10)8(5)11/h2-3,6H,1,4,9H2. The second kappa shape index (κ2) is 2.80. The molecule has 0 saturated heterocycles. The van der Waals surface area contributed by atoms with Gasteiger partial charge in [0, 0.05) is 18.0 Å². The number of rotatable bonds is 1. The van der Waals surface area contributed by atoms with Crippen LogP contribution in [-0.2, 0) is 9.59 Å². The van der Waals surface area contributed by atoms with E-state index in [2.05, 4.69) is 6.58 Å². The third-order valence-corrected chi connectivity index (χ3v) is 1.70. The van der Waals surface area contributed by atoms with Crippen LogP contribution in [0.1, 0.15) is 0 Å². The van der Waals surface area contributed by atoms with Crippen molar-refractivity contribution in [2.75, 3.05) is 6.54 Å². The molecule has 0 aromatic heterocycles. The summed E-state index contributed by atoms with van der Waals surface area (Å²) < 4.78 is 0. The van der Waals surface area contributed by atoms with Crippen molar-refractivity contribution in [2.45, 2.75) is 0 Å². The van der Waals surface area contributed by atoms with E-state index in [1.165, 1.54) is 6.08 Å². The highest BCUT2D eigenvalue weighted by Crippen LogP contribution is 2.15. The average Bonchev–Trinajstić information content (AvgIpc) is 2.01. The first kappa shape index (κ1) is 7.88. The van der Waals surface area contributed by atoms with E-state index < -0.39 is 11.6 Å². The van der Waals surface area contributed by atoms with E-state index in [0.717, 1.165) is 0 Å². The van der Waals surface area contributed by atoms with Crippen LogP contribution in [0.15, 0.2) is 24.3 Å². The minimum absolute atomic E-state index is 0.153. The SMILES string of the molecule is C=C1C(=O)C(=O)C=CC1CN. The molecule has 58 valence electrons. The molecule has 0 heterocycles. The number of allylic oxidation sites excluding steroid dienone is 1. The second-order valence-corrected chi connectivity index (χ2v) is 2.42. The molecule has 0 spiro atoms. The Labute approximate surface area is 64.6 Å². The number of nitrogens with two attached hydrogens (primary N) is 1. The van der Waals surface area contributed by atoms with Crippen molar-refractivity contribution >= 4 is 11.6 Å². The molecular formula is C8H9NO2. The molecule has 0 aromatic rings. The van der Waals surface area contributed by atoms with Crippen LogP contribution >= 0.6 is 0 Å². The molecular weight excluding hydrogens is 142 g/mol. The summed E-state index contributed by atoms with van der Waals surface area (Å²) >= 11 is 0. The molecule has 0 aliphatic heterocycles. The molecule has 0 saturated carbocycles. The Morgan fingerprint density at radius 2 is 2.18 bits per heavy atom. The van der Waals surface area contributed by atoms with Gasteiger partial charge in [0.15, 0.2) is 0 Å². The summed E-state index contributed by atoms with van der Waals surface area (Å²) in [6.07, 6.45) is 2.88. The molecule has 2 N–H and O–H groups in total. The van der Waals surface area contributed by atoms with Gasteiger partial charge in [-0.25, -0.2) is 0 Å². The fourth-order valence-electron chi connectivity index (χ4n) is 0.943. The van der Waals surface area contributed by atoms with Crippen LogP contribution in [0.25, 0.3) is 0 Å². The topological polar surface area (TPSA) is 60.2 Å². The van der Waals surface area contributed by atoms with E-state index in [0.29, 0.717) is 12.1 Å². The Bertz CT molecular complexity index is 253. The number of hydrogen-bond acceptors (Lipinski definition) is 3. The summed E-state index contributed by atoms with van der Waals surface area (Å²) in [4.78, 5) is 21.7. The summed E-state index contributed by atoms with van der Waals surface area (Å²) in [6, 6.07) is 0. The zero-order valence-electron chi connectivity index (χ0n) is 6.04. The minimum Gasteiger partial charge on any atom is -0.330 e. The lowest BCUT2D eigenvalue weighted by Gasteiger charge is -2.14. The zero-order valence-corrected chi connectivity index (χ0v) is 6.04. The van der Waals surface area contributed by atoms with E-state index >= 15 is 0 Å². The van der Waals surface area contributed by atoms with Crippen molar-refractivity contribution in [3.8, 4) is 0 Å². The van der Waals surface area contributed by atoms with Gasteiger partial charge in [-0.15, -0.1) is 0 Å². The van der Waals surface area contributed by atoms with Crippen LogP contribution < -0.4 is 5.73 Å². The molecule has 1 aliphatic carbocycles. The van der Waals surface area contributed by atoms with E-state index in [1.54, 1.807) is 6.08 Å². The number of hydrogen-bond donors (Lipinski definition) is 1. The number of Topliss-reactive ketones (excluding diaryl/α,β-unsaturated/α-hetero) is 1. The van der Waals surface area contributed by atoms with Crippen molar-refractivity contribution in [1.82, 2.24) is 0 Å². The van der Waals surface area contributed by atoms with Gasteiger partial charge in [0.2, 0.25) is 11.6 Å². The summed E-state index contributed by atoms with van der Waals surface area (Å²) in [7, 11) is 0. The van der Waals surface area contributed by atoms with Crippen molar-refractivity contribution in [2.24, 2.45) is 11.7 Å². The Kier molecular flexibility index (Phi) is 2.01. The van der Waals surface area contributed by atoms with Gasteiger partial charge in [0.1, 0.15) is 0 Å². The quantitative estimate of drug-likeness (QED) is 0.418. The van der Waals surface area contributed by atoms with E-state index in [1.807, 2.05) is 0 Å². The Morgan fingerprint density at radius 1 is 1.55 bits per heavy atom. The van der Waals surface area contributed by atoms with E-state index in [9.17, 15) is 9.59 Å². The molecule has 0 fully saturated rings. The first-order valence-corrected chi connectivity index (χ1v) is 3.32. The summed E-state index contributed by atoms with van der Waals surface area (Å²) in [5.74, 6) is -1.16. The first-order chi connectivity index (χ1) is 5.16. The lowest BCUT2D eigenvalue weighted by atomic mass is 9.89. The van der Waals surface area contributed by atoms with Gasteiger partial charge in [-0.3, -0.25) is 9.59 Å². The highest BCUT2D eigenvalue weighted by molar-refractivity contribution is 6.48. The van der Waals surface area contributed by atoms with Gasteiger partial charge in [0.05, 0.1) is 0 Å². The van der Waals surface area contributed by atoms with Gasteiger partial charge in [-0.2, -0.15) is 0 Å². The molecule has 1 rings (SSSR count). The van der Waals surface area contributed by atoms with Gasteiger partial charge < -0.3 is 5.73 Å². The molecule has 11 heavy (non-hydrogen) atoms. The fourth-order valence-corrected chi connectivity index (χ4v) is 0.943. The summed E-state index contributed by atoms with van der Waals surface area (Å²) in [6.45, 7) is 3.82. The van der Waals surface area contributed by atoms with Crippen LogP contribution in [0.2, 0.25) is 0 Å². The molecule has 1 atom stereocenters. The van der Waals surface area contributed by atoms with Crippen LogP contribution in [0, 0.1) is 5.92 Å². The van der Waals surface area contributed by atoms with Crippen LogP contribution in [0.5, 0.6) is 0 Å². The molecule has 1 unspecified atom stereocenters. The minimum atomic E-state index is -0.511. The molecule has 0 aromatic carbocycles. The maximum absolute atomic E-state index is 10.9. The summed E-state index contributed by atoms with van der Waals surface area (Å²) in [5.41, 5.74) is 5.63. The third-order valence-electron chi connectivity index (χ3n) is 1.70. The Morgan fingerprint density at radius 3 is 2.73 bits per heavy atom. The molecule has 1 aliphatic rings. The van der Waals surface area contributed by atoms with Crippen molar-refractivity contribution in [3.63, 3.8) is 0 Å². The highest BCUT2D eigenvalue weighted by atomic mass is 16.2. The summed E-state index contributed by atoms with van der Waals surface area (Å²) in [5, 5.41) is 0. The fraction of sp³-hybridized carbons (Fsp3) is 0.250. The normalized spacial score (nSPS) is 24.5. The zero-order chi connectivity index (χ0) is 8.43. The van der Waals surface area contributed by atoms with Crippen LogP contribution in [-0.4, -0.2) is 18.1 Å². The van der Waals surface area contributed by atoms with Crippen LogP contribution in [0.3, 0.4) is 0 Å². The van der Waals surface area contributed by atoms with E-state index in [4.69, 9.17) is 5.73 Å². The monoisotopic (exact) mass is 151 g/mol. The smallest absolute Gasteiger partial charge is 0.228 e. The molecule has 3 heteroatoms. The Hall–Kier alpha value is -1.22. The third kappa shape index (κ3) is 1.28. The lowest BCUT2D eigenvalue weighted by molar-refractivity contribution is -0.132. The van der Waals surface area contributed by atoms with Gasteiger partial charge in [0.25, 0.3) is 0 Å². The predicted octanol–water partition coefficient (Wildman–Crippen LogP) is -0.174. The number of carbonyl (C=O) groups excluding carboxylic acids is 2. The molecule has 0 radical (unpaired) electrons.